The molecule has 220 valence electrons. The summed E-state index contributed by atoms with van der Waals surface area (Å²) in [5.74, 6) is -2.21. The first kappa shape index (κ1) is 28.5. The van der Waals surface area contributed by atoms with Crippen LogP contribution in [0.2, 0.25) is 0 Å². The summed E-state index contributed by atoms with van der Waals surface area (Å²) in [5, 5.41) is 2.35. The predicted molar refractivity (Wildman–Crippen MR) is 159 cm³/mol. The van der Waals surface area contributed by atoms with Crippen molar-refractivity contribution in [2.45, 2.75) is 29.7 Å². The summed E-state index contributed by atoms with van der Waals surface area (Å²) in [4.78, 5) is 67.1. The second-order valence-electron chi connectivity index (χ2n) is 9.74. The largest absolute Gasteiger partial charge is 0.497 e. The fraction of sp³-hybridized carbons (Fsp3) is 0.233. The molecule has 3 amide bonds. The average molecular weight is 620 g/mol. The van der Waals surface area contributed by atoms with E-state index in [9.17, 15) is 24.0 Å². The Labute approximate surface area is 253 Å². The number of carbonyl (C=O) groups excluding carboxylic acids is 4. The number of nitrogens with one attached hydrogen (secondary N) is 1. The Hall–Kier alpha value is -4.62. The molecule has 0 aliphatic carbocycles. The van der Waals surface area contributed by atoms with Gasteiger partial charge in [0.1, 0.15) is 23.3 Å². The Kier molecular flexibility index (Phi) is 7.67. The van der Waals surface area contributed by atoms with Crippen molar-refractivity contribution in [3.05, 3.63) is 92.8 Å². The molecule has 2 aliphatic heterocycles. The molecule has 11 nitrogen and oxygen atoms in total. The maximum Gasteiger partial charge on any atom is 0.338 e. The highest BCUT2D eigenvalue weighted by Gasteiger charge is 2.57. The second-order valence-corrected chi connectivity index (χ2v) is 11.9. The highest BCUT2D eigenvalue weighted by molar-refractivity contribution is 8.00. The van der Waals surface area contributed by atoms with Gasteiger partial charge in [0.2, 0.25) is 17.7 Å². The number of esters is 1. The van der Waals surface area contributed by atoms with Crippen molar-refractivity contribution in [2.24, 2.45) is 5.92 Å². The number of benzene rings is 2. The van der Waals surface area contributed by atoms with E-state index in [0.29, 0.717) is 38.4 Å². The van der Waals surface area contributed by atoms with E-state index in [0.717, 1.165) is 23.1 Å². The number of rotatable bonds is 8. The Bertz CT molecular complexity index is 1760. The first-order valence-corrected chi connectivity index (χ1v) is 15.0. The van der Waals surface area contributed by atoms with Crippen molar-refractivity contribution in [1.29, 1.82) is 0 Å². The summed E-state index contributed by atoms with van der Waals surface area (Å²) in [7, 11) is 1.53. The van der Waals surface area contributed by atoms with Crippen LogP contribution in [-0.4, -0.2) is 47.2 Å². The number of fused-ring (bicyclic) bond motifs is 2. The molecule has 0 spiro atoms. The first-order chi connectivity index (χ1) is 20.8. The fourth-order valence-corrected chi connectivity index (χ4v) is 8.02. The number of furan rings is 1. The van der Waals surface area contributed by atoms with E-state index in [1.165, 1.54) is 35.0 Å². The summed E-state index contributed by atoms with van der Waals surface area (Å²) in [6, 6.07) is 16.3. The first-order valence-electron chi connectivity index (χ1n) is 13.3. The van der Waals surface area contributed by atoms with E-state index in [4.69, 9.17) is 13.9 Å². The van der Waals surface area contributed by atoms with E-state index in [1.807, 2.05) is 0 Å². The van der Waals surface area contributed by atoms with Crippen LogP contribution in [-0.2, 0) is 25.7 Å². The minimum Gasteiger partial charge on any atom is -0.497 e. The molecule has 1 fully saturated rings. The Morgan fingerprint density at radius 1 is 1.00 bits per heavy atom. The summed E-state index contributed by atoms with van der Waals surface area (Å²) < 4.78 is 17.2. The van der Waals surface area contributed by atoms with Gasteiger partial charge in [-0.2, -0.15) is 0 Å². The zero-order valence-corrected chi connectivity index (χ0v) is 24.6. The number of thioether (sulfide) groups is 1. The van der Waals surface area contributed by atoms with Crippen LogP contribution >= 0.6 is 23.1 Å². The monoisotopic (exact) mass is 619 g/mol. The third-order valence-corrected chi connectivity index (χ3v) is 9.81. The third-order valence-electron chi connectivity index (χ3n) is 7.21. The molecule has 4 aromatic rings. The maximum atomic E-state index is 13.8. The molecule has 1 N–H and O–H groups in total. The Morgan fingerprint density at radius 3 is 2.40 bits per heavy atom. The molecule has 43 heavy (non-hydrogen) atoms. The van der Waals surface area contributed by atoms with Gasteiger partial charge in [0.25, 0.3) is 0 Å². The van der Waals surface area contributed by atoms with Gasteiger partial charge in [0.05, 0.1) is 53.0 Å². The average Bonchev–Trinajstić information content (AvgIpc) is 3.71. The van der Waals surface area contributed by atoms with Crippen molar-refractivity contribution in [3.8, 4) is 5.75 Å². The lowest BCUT2D eigenvalue weighted by Crippen LogP contribution is -2.32. The maximum absolute atomic E-state index is 13.8. The summed E-state index contributed by atoms with van der Waals surface area (Å²) in [5.41, 5.74) is 1.19. The van der Waals surface area contributed by atoms with Gasteiger partial charge in [-0.15, -0.1) is 0 Å². The van der Waals surface area contributed by atoms with Gasteiger partial charge in [-0.25, -0.2) is 9.69 Å². The van der Waals surface area contributed by atoms with Gasteiger partial charge in [-0.3, -0.25) is 23.7 Å². The highest BCUT2D eigenvalue weighted by atomic mass is 32.2. The molecular formula is C30H25N3O8S2. The van der Waals surface area contributed by atoms with Crippen LogP contribution < -0.4 is 19.8 Å². The number of aromatic nitrogens is 1. The lowest BCUT2D eigenvalue weighted by molar-refractivity contribution is -0.122. The number of ether oxygens (including phenoxy) is 2. The number of hydrogen-bond acceptors (Lipinski definition) is 10. The van der Waals surface area contributed by atoms with Gasteiger partial charge in [-0.05, 0) is 67.6 Å². The van der Waals surface area contributed by atoms with Crippen LogP contribution in [0.3, 0.4) is 0 Å². The van der Waals surface area contributed by atoms with Crippen molar-refractivity contribution in [1.82, 2.24) is 4.57 Å². The molecule has 2 unspecified atom stereocenters. The number of imide groups is 1. The summed E-state index contributed by atoms with van der Waals surface area (Å²) in [6.07, 6.45) is 1.48. The van der Waals surface area contributed by atoms with Crippen molar-refractivity contribution >= 4 is 58.2 Å². The molecular weight excluding hydrogens is 594 g/mol. The number of amides is 3. The summed E-state index contributed by atoms with van der Waals surface area (Å²) >= 11 is 2.05. The van der Waals surface area contributed by atoms with E-state index in [-0.39, 0.29) is 13.2 Å². The van der Waals surface area contributed by atoms with Crippen LogP contribution in [0.4, 0.5) is 11.4 Å². The van der Waals surface area contributed by atoms with Gasteiger partial charge in [0, 0.05) is 5.69 Å². The molecule has 3 atom stereocenters. The highest BCUT2D eigenvalue weighted by Crippen LogP contribution is 2.54. The molecule has 6 rings (SSSR count). The molecule has 2 aromatic carbocycles. The van der Waals surface area contributed by atoms with Crippen LogP contribution in [0.1, 0.15) is 33.8 Å². The summed E-state index contributed by atoms with van der Waals surface area (Å²) in [6.45, 7) is 1.64. The minimum atomic E-state index is -0.837. The van der Waals surface area contributed by atoms with E-state index in [2.05, 4.69) is 5.32 Å². The van der Waals surface area contributed by atoms with E-state index < -0.39 is 45.6 Å². The number of carbonyl (C=O) groups is 4. The normalized spacial score (nSPS) is 19.1. The van der Waals surface area contributed by atoms with Crippen molar-refractivity contribution in [2.75, 3.05) is 23.9 Å². The molecule has 13 heteroatoms. The number of thiazole rings is 1. The quantitative estimate of drug-likeness (QED) is 0.228. The number of nitrogens with zero attached hydrogens (tertiary/aromatic N) is 2. The predicted octanol–water partition coefficient (Wildman–Crippen LogP) is 4.12. The van der Waals surface area contributed by atoms with Crippen molar-refractivity contribution < 1.29 is 33.1 Å². The van der Waals surface area contributed by atoms with E-state index >= 15 is 0 Å². The van der Waals surface area contributed by atoms with Crippen molar-refractivity contribution in [3.63, 3.8) is 0 Å². The van der Waals surface area contributed by atoms with Crippen LogP contribution in [0.5, 0.6) is 5.75 Å². The zero-order chi connectivity index (χ0) is 30.2. The molecule has 1 saturated heterocycles. The van der Waals surface area contributed by atoms with Gasteiger partial charge >= 0.3 is 10.8 Å². The minimum absolute atomic E-state index is 0.247. The van der Waals surface area contributed by atoms with Gasteiger partial charge < -0.3 is 19.2 Å². The standard InChI is InChI=1S/C30H25N3O8S2/c1-3-40-29(37)16-6-8-17(9-7-16)31-21(34)15-32-28-25(43-30(32)38)22(20-5-4-14-41-20)23-24(42-28)27(36)33(26(23)35)18-10-12-19(39-2)13-11-18/h4-14,22-24H,3,15H2,1-2H3,(H,31,34)/t22-,23?,24?/m1/s1. The van der Waals surface area contributed by atoms with Crippen LogP contribution in [0.15, 0.2) is 81.2 Å². The lowest BCUT2D eigenvalue weighted by atomic mass is 9.87. The van der Waals surface area contributed by atoms with E-state index in [1.54, 1.807) is 55.5 Å². The smallest absolute Gasteiger partial charge is 0.338 e. The molecule has 0 radical (unpaired) electrons. The Balaban J connectivity index is 1.30. The zero-order valence-electron chi connectivity index (χ0n) is 23.0. The van der Waals surface area contributed by atoms with Gasteiger partial charge in [-0.1, -0.05) is 23.1 Å². The topological polar surface area (TPSA) is 137 Å². The Morgan fingerprint density at radius 2 is 1.74 bits per heavy atom. The molecule has 2 aliphatic rings. The number of methoxy groups -OCH3 is 1. The molecule has 0 bridgehead atoms. The fourth-order valence-electron chi connectivity index (χ4n) is 5.26. The number of hydrogen-bond donors (Lipinski definition) is 1. The molecule has 2 aromatic heterocycles. The number of anilines is 2. The third kappa shape index (κ3) is 5.14. The van der Waals surface area contributed by atoms with Gasteiger partial charge in [0.15, 0.2) is 0 Å². The SMILES string of the molecule is CCOC(=O)c1ccc(NC(=O)Cn2c3c(sc2=O)[C@H](c2ccco2)C2C(=O)N(c4ccc(OC)cc4)C(=O)C2S3)cc1. The lowest BCUT2D eigenvalue weighted by Gasteiger charge is -2.29. The van der Waals surface area contributed by atoms with Crippen LogP contribution in [0, 0.1) is 5.92 Å². The molecule has 4 heterocycles. The molecule has 0 saturated carbocycles. The second kappa shape index (κ2) is 11.6. The van der Waals surface area contributed by atoms with Crippen LogP contribution in [0.25, 0.3) is 0 Å².